The Morgan fingerprint density at radius 3 is 2.25 bits per heavy atom. The third-order valence-electron chi connectivity index (χ3n) is 3.81. The van der Waals surface area contributed by atoms with Gasteiger partial charge in [-0.3, -0.25) is 4.90 Å². The molecule has 0 saturated heterocycles. The van der Waals surface area contributed by atoms with Crippen molar-refractivity contribution in [1.82, 2.24) is 4.90 Å². The van der Waals surface area contributed by atoms with Gasteiger partial charge in [0, 0.05) is 18.7 Å². The summed E-state index contributed by atoms with van der Waals surface area (Å²) in [6.45, 7) is 10.5. The fraction of sp³-hybridized carbons (Fsp3) is 0.556. The van der Waals surface area contributed by atoms with Gasteiger partial charge in [-0.05, 0) is 30.2 Å². The number of hydrogen-bond acceptors (Lipinski definition) is 2. The zero-order valence-corrected chi connectivity index (χ0v) is 13.2. The molecule has 2 heteroatoms. The van der Waals surface area contributed by atoms with E-state index in [-0.39, 0.29) is 0 Å². The van der Waals surface area contributed by atoms with Gasteiger partial charge in [0.2, 0.25) is 0 Å². The molecule has 0 heterocycles. The summed E-state index contributed by atoms with van der Waals surface area (Å²) in [6.07, 6.45) is 2.53. The monoisotopic (exact) mass is 272 g/mol. The van der Waals surface area contributed by atoms with Crippen LogP contribution in [0.5, 0.6) is 0 Å². The average molecular weight is 272 g/mol. The Morgan fingerprint density at radius 2 is 1.75 bits per heavy atom. The Bertz CT molecular complexity index is 421. The highest BCUT2D eigenvalue weighted by atomic mass is 15.1. The molecule has 0 amide bonds. The van der Waals surface area contributed by atoms with Crippen LogP contribution in [0.3, 0.4) is 0 Å². The lowest BCUT2D eigenvalue weighted by Gasteiger charge is -2.25. The number of nitrogens with zero attached hydrogens (tertiary/aromatic N) is 1. The first-order valence-electron chi connectivity index (χ1n) is 7.73. The van der Waals surface area contributed by atoms with Crippen molar-refractivity contribution >= 4 is 0 Å². The van der Waals surface area contributed by atoms with Crippen LogP contribution in [0.25, 0.3) is 0 Å². The second kappa shape index (κ2) is 9.58. The van der Waals surface area contributed by atoms with E-state index in [1.807, 2.05) is 0 Å². The molecule has 0 bridgehead atoms. The van der Waals surface area contributed by atoms with Crippen LogP contribution >= 0.6 is 0 Å². The quantitative estimate of drug-likeness (QED) is 0.772. The van der Waals surface area contributed by atoms with Gasteiger partial charge in [-0.15, -0.1) is 0 Å². The third kappa shape index (κ3) is 5.77. The Morgan fingerprint density at radius 1 is 1.10 bits per heavy atom. The summed E-state index contributed by atoms with van der Waals surface area (Å²) in [5.41, 5.74) is 7.78. The number of benzene rings is 1. The maximum absolute atomic E-state index is 5.38. The van der Waals surface area contributed by atoms with E-state index in [1.54, 1.807) is 0 Å². The first-order valence-corrected chi connectivity index (χ1v) is 7.73. The van der Waals surface area contributed by atoms with Crippen LogP contribution in [0.15, 0.2) is 24.3 Å². The second-order valence-corrected chi connectivity index (χ2v) is 5.21. The van der Waals surface area contributed by atoms with Crippen molar-refractivity contribution in [3.8, 4) is 11.8 Å². The molecule has 0 aromatic heterocycles. The Balaban J connectivity index is 2.61. The standard InChI is InChI=1S/C18H28N2/c1-4-16(5-2)14-20(6-3)15-18-11-9-17(10-12-18)8-7-13-19/h9-12,16H,4-6,13-15,19H2,1-3H3. The van der Waals surface area contributed by atoms with E-state index in [1.165, 1.54) is 24.9 Å². The van der Waals surface area contributed by atoms with Crippen molar-refractivity contribution in [2.45, 2.75) is 40.2 Å². The van der Waals surface area contributed by atoms with E-state index in [4.69, 9.17) is 5.73 Å². The molecule has 0 unspecified atom stereocenters. The maximum Gasteiger partial charge on any atom is 0.0555 e. The van der Waals surface area contributed by atoms with Gasteiger partial charge >= 0.3 is 0 Å². The molecule has 0 spiro atoms. The molecule has 1 aromatic carbocycles. The third-order valence-corrected chi connectivity index (χ3v) is 3.81. The smallest absolute Gasteiger partial charge is 0.0555 e. The number of hydrogen-bond donors (Lipinski definition) is 1. The van der Waals surface area contributed by atoms with Crippen molar-refractivity contribution in [3.63, 3.8) is 0 Å². The summed E-state index contributed by atoms with van der Waals surface area (Å²) in [6, 6.07) is 8.53. The lowest BCUT2D eigenvalue weighted by molar-refractivity contribution is 0.226. The topological polar surface area (TPSA) is 29.3 Å². The fourth-order valence-electron chi connectivity index (χ4n) is 2.32. The molecule has 2 nitrogen and oxygen atoms in total. The highest BCUT2D eigenvalue weighted by Gasteiger charge is 2.10. The second-order valence-electron chi connectivity index (χ2n) is 5.21. The summed E-state index contributed by atoms with van der Waals surface area (Å²) in [4.78, 5) is 2.53. The summed E-state index contributed by atoms with van der Waals surface area (Å²) < 4.78 is 0. The molecular weight excluding hydrogens is 244 g/mol. The summed E-state index contributed by atoms with van der Waals surface area (Å²) in [5.74, 6) is 6.76. The van der Waals surface area contributed by atoms with Crippen molar-refractivity contribution in [1.29, 1.82) is 0 Å². The lowest BCUT2D eigenvalue weighted by Crippen LogP contribution is -2.28. The molecule has 0 fully saturated rings. The number of nitrogens with two attached hydrogens (primary N) is 1. The Kier molecular flexibility index (Phi) is 8.02. The van der Waals surface area contributed by atoms with Gasteiger partial charge < -0.3 is 5.73 Å². The zero-order valence-electron chi connectivity index (χ0n) is 13.2. The largest absolute Gasteiger partial charge is 0.320 e. The van der Waals surface area contributed by atoms with Crippen LogP contribution in [0.2, 0.25) is 0 Å². The highest BCUT2D eigenvalue weighted by molar-refractivity contribution is 5.36. The van der Waals surface area contributed by atoms with E-state index in [9.17, 15) is 0 Å². The Hall–Kier alpha value is -1.30. The average Bonchev–Trinajstić information content (AvgIpc) is 2.50. The molecule has 0 aliphatic carbocycles. The predicted molar refractivity (Wildman–Crippen MR) is 87.4 cm³/mol. The van der Waals surface area contributed by atoms with Gasteiger partial charge in [0.05, 0.1) is 6.54 Å². The van der Waals surface area contributed by atoms with Gasteiger partial charge in [0.25, 0.3) is 0 Å². The SMILES string of the molecule is CCC(CC)CN(CC)Cc1ccc(C#CCN)cc1. The van der Waals surface area contributed by atoms with Gasteiger partial charge in [0.1, 0.15) is 0 Å². The molecular formula is C18H28N2. The van der Waals surface area contributed by atoms with Gasteiger partial charge in [-0.1, -0.05) is 57.6 Å². The normalized spacial score (nSPS) is 10.7. The molecule has 0 atom stereocenters. The van der Waals surface area contributed by atoms with E-state index >= 15 is 0 Å². The predicted octanol–water partition coefficient (Wildman–Crippen LogP) is 3.25. The van der Waals surface area contributed by atoms with E-state index in [2.05, 4.69) is 61.8 Å². The molecule has 2 N–H and O–H groups in total. The molecule has 20 heavy (non-hydrogen) atoms. The molecule has 0 aliphatic rings. The minimum absolute atomic E-state index is 0.417. The highest BCUT2D eigenvalue weighted by Crippen LogP contribution is 2.13. The van der Waals surface area contributed by atoms with Gasteiger partial charge in [0.15, 0.2) is 0 Å². The van der Waals surface area contributed by atoms with Crippen LogP contribution in [-0.2, 0) is 6.54 Å². The summed E-state index contributed by atoms with van der Waals surface area (Å²) in [7, 11) is 0. The maximum atomic E-state index is 5.38. The van der Waals surface area contributed by atoms with Gasteiger partial charge in [-0.25, -0.2) is 0 Å². The molecule has 0 aliphatic heterocycles. The van der Waals surface area contributed by atoms with Crippen molar-refractivity contribution in [2.24, 2.45) is 11.7 Å². The van der Waals surface area contributed by atoms with Crippen molar-refractivity contribution < 1.29 is 0 Å². The van der Waals surface area contributed by atoms with Crippen molar-refractivity contribution in [3.05, 3.63) is 35.4 Å². The Labute approximate surface area is 124 Å². The fourth-order valence-corrected chi connectivity index (χ4v) is 2.32. The lowest BCUT2D eigenvalue weighted by atomic mass is 10.0. The van der Waals surface area contributed by atoms with Crippen LogP contribution in [0, 0.1) is 17.8 Å². The molecule has 110 valence electrons. The minimum atomic E-state index is 0.417. The molecule has 0 saturated carbocycles. The first-order chi connectivity index (χ1) is 9.73. The van der Waals surface area contributed by atoms with Crippen molar-refractivity contribution in [2.75, 3.05) is 19.6 Å². The van der Waals surface area contributed by atoms with Crippen LogP contribution in [0.4, 0.5) is 0 Å². The minimum Gasteiger partial charge on any atom is -0.320 e. The van der Waals surface area contributed by atoms with Crippen LogP contribution in [-0.4, -0.2) is 24.5 Å². The molecule has 1 rings (SSSR count). The summed E-state index contributed by atoms with van der Waals surface area (Å²) in [5, 5.41) is 0. The first kappa shape index (κ1) is 16.8. The van der Waals surface area contributed by atoms with E-state index in [0.29, 0.717) is 6.54 Å². The summed E-state index contributed by atoms with van der Waals surface area (Å²) >= 11 is 0. The van der Waals surface area contributed by atoms with Gasteiger partial charge in [-0.2, -0.15) is 0 Å². The van der Waals surface area contributed by atoms with Crippen LogP contribution in [0.1, 0.15) is 44.7 Å². The molecule has 1 aromatic rings. The number of rotatable bonds is 7. The van der Waals surface area contributed by atoms with E-state index < -0.39 is 0 Å². The molecule has 0 radical (unpaired) electrons. The zero-order chi connectivity index (χ0) is 14.8. The van der Waals surface area contributed by atoms with E-state index in [0.717, 1.165) is 24.6 Å². The van der Waals surface area contributed by atoms with Crippen LogP contribution < -0.4 is 5.73 Å².